The van der Waals surface area contributed by atoms with Gasteiger partial charge in [-0.2, -0.15) is 5.10 Å². The number of hydrogen-bond acceptors (Lipinski definition) is 3. The lowest BCUT2D eigenvalue weighted by Gasteiger charge is -2.10. The first-order chi connectivity index (χ1) is 8.41. The van der Waals surface area contributed by atoms with Crippen molar-refractivity contribution >= 4 is 11.8 Å². The highest BCUT2D eigenvalue weighted by atomic mass is 16.4. The van der Waals surface area contributed by atoms with Crippen LogP contribution in [0, 0.1) is 20.8 Å². The van der Waals surface area contributed by atoms with E-state index >= 15 is 0 Å². The zero-order valence-corrected chi connectivity index (χ0v) is 10.5. The van der Waals surface area contributed by atoms with E-state index in [2.05, 4.69) is 10.2 Å². The highest BCUT2D eigenvalue weighted by Crippen LogP contribution is 2.31. The average molecular weight is 245 g/mol. The fourth-order valence-corrected chi connectivity index (χ4v) is 2.33. The van der Waals surface area contributed by atoms with Crippen LogP contribution in [-0.2, 0) is 0 Å². The number of nitrogens with two attached hydrogens (primary N) is 1. The summed E-state index contributed by atoms with van der Waals surface area (Å²) in [6.07, 6.45) is 0. The second kappa shape index (κ2) is 4.18. The Morgan fingerprint density at radius 3 is 2.33 bits per heavy atom. The number of aryl methyl sites for hydroxylation is 3. The van der Waals surface area contributed by atoms with E-state index < -0.39 is 5.97 Å². The van der Waals surface area contributed by atoms with E-state index in [0.717, 1.165) is 22.3 Å². The zero-order chi connectivity index (χ0) is 13.4. The molecule has 0 atom stereocenters. The molecule has 1 aromatic carbocycles. The Balaban J connectivity index is 2.74. The molecule has 4 N–H and O–H groups in total. The standard InChI is InChI=1S/C13H15N3O2/c1-6-4-7(2)9(8(3)5-6)11-10(13(17)18)12(14)16-15-11/h4-5H,1-3H3,(H,17,18)(H3,14,15,16). The molecule has 2 rings (SSSR count). The van der Waals surface area contributed by atoms with Crippen molar-refractivity contribution in [1.29, 1.82) is 0 Å². The number of nitrogens with one attached hydrogen (secondary N) is 1. The second-order valence-electron chi connectivity index (χ2n) is 4.44. The summed E-state index contributed by atoms with van der Waals surface area (Å²) in [4.78, 5) is 11.2. The molecule has 2 aromatic rings. The van der Waals surface area contributed by atoms with Gasteiger partial charge in [0.2, 0.25) is 0 Å². The number of aromatic nitrogens is 2. The number of carboxylic acid groups (broad SMARTS) is 1. The fourth-order valence-electron chi connectivity index (χ4n) is 2.33. The van der Waals surface area contributed by atoms with E-state index in [1.165, 1.54) is 0 Å². The molecule has 1 aromatic heterocycles. The van der Waals surface area contributed by atoms with E-state index in [1.54, 1.807) is 0 Å². The van der Waals surface area contributed by atoms with Crippen molar-refractivity contribution in [2.24, 2.45) is 0 Å². The van der Waals surface area contributed by atoms with E-state index in [-0.39, 0.29) is 11.4 Å². The van der Waals surface area contributed by atoms with Crippen molar-refractivity contribution in [1.82, 2.24) is 10.2 Å². The smallest absolute Gasteiger partial charge is 0.341 e. The predicted molar refractivity (Wildman–Crippen MR) is 69.6 cm³/mol. The molecule has 0 bridgehead atoms. The zero-order valence-electron chi connectivity index (χ0n) is 10.5. The lowest BCUT2D eigenvalue weighted by Crippen LogP contribution is -2.03. The quantitative estimate of drug-likeness (QED) is 0.756. The van der Waals surface area contributed by atoms with Crippen LogP contribution in [0.15, 0.2) is 12.1 Å². The number of hydrogen-bond donors (Lipinski definition) is 3. The van der Waals surface area contributed by atoms with Crippen LogP contribution in [0.3, 0.4) is 0 Å². The molecule has 5 heteroatoms. The summed E-state index contributed by atoms with van der Waals surface area (Å²) in [5, 5.41) is 15.7. The third-order valence-electron chi connectivity index (χ3n) is 2.94. The third kappa shape index (κ3) is 1.84. The Morgan fingerprint density at radius 2 is 1.83 bits per heavy atom. The third-order valence-corrected chi connectivity index (χ3v) is 2.94. The summed E-state index contributed by atoms with van der Waals surface area (Å²) in [5.41, 5.74) is 10.1. The Kier molecular flexibility index (Phi) is 2.82. The van der Waals surface area contributed by atoms with Crippen LogP contribution in [0.1, 0.15) is 27.0 Å². The number of nitrogen functional groups attached to an aromatic ring is 1. The molecule has 0 aliphatic heterocycles. The van der Waals surface area contributed by atoms with Gasteiger partial charge in [0, 0.05) is 5.56 Å². The van der Waals surface area contributed by atoms with Crippen LogP contribution in [0.2, 0.25) is 0 Å². The van der Waals surface area contributed by atoms with Gasteiger partial charge in [0.1, 0.15) is 5.56 Å². The number of carboxylic acids is 1. The average Bonchev–Trinajstić information content (AvgIpc) is 2.58. The van der Waals surface area contributed by atoms with Gasteiger partial charge in [-0.05, 0) is 31.9 Å². The second-order valence-corrected chi connectivity index (χ2v) is 4.44. The minimum atomic E-state index is -1.07. The molecule has 0 spiro atoms. The van der Waals surface area contributed by atoms with Crippen LogP contribution < -0.4 is 5.73 Å². The highest BCUT2D eigenvalue weighted by molar-refractivity contribution is 6.00. The highest BCUT2D eigenvalue weighted by Gasteiger charge is 2.21. The van der Waals surface area contributed by atoms with Gasteiger partial charge in [0.05, 0.1) is 5.69 Å². The molecule has 18 heavy (non-hydrogen) atoms. The summed E-state index contributed by atoms with van der Waals surface area (Å²) < 4.78 is 0. The number of carbonyl (C=O) groups is 1. The van der Waals surface area contributed by atoms with Crippen molar-refractivity contribution in [2.75, 3.05) is 5.73 Å². The summed E-state index contributed by atoms with van der Waals surface area (Å²) >= 11 is 0. The molecule has 0 amide bonds. The van der Waals surface area contributed by atoms with E-state index in [4.69, 9.17) is 5.73 Å². The Morgan fingerprint density at radius 1 is 1.28 bits per heavy atom. The van der Waals surface area contributed by atoms with Crippen LogP contribution in [0.4, 0.5) is 5.82 Å². The van der Waals surface area contributed by atoms with Crippen molar-refractivity contribution < 1.29 is 9.90 Å². The molecule has 0 saturated heterocycles. The van der Waals surface area contributed by atoms with E-state index in [0.29, 0.717) is 5.69 Å². The molecule has 0 aliphatic carbocycles. The van der Waals surface area contributed by atoms with Gasteiger partial charge in [0.15, 0.2) is 5.82 Å². The Hall–Kier alpha value is -2.30. The maximum absolute atomic E-state index is 11.2. The number of aromatic amines is 1. The van der Waals surface area contributed by atoms with E-state index in [9.17, 15) is 9.90 Å². The molecule has 0 aliphatic rings. The first-order valence-electron chi connectivity index (χ1n) is 5.57. The van der Waals surface area contributed by atoms with Crippen LogP contribution in [-0.4, -0.2) is 21.3 Å². The maximum atomic E-state index is 11.2. The van der Waals surface area contributed by atoms with E-state index in [1.807, 2.05) is 32.9 Å². The first-order valence-corrected chi connectivity index (χ1v) is 5.57. The first kappa shape index (κ1) is 12.2. The van der Waals surface area contributed by atoms with Crippen LogP contribution in [0.25, 0.3) is 11.3 Å². The molecular weight excluding hydrogens is 230 g/mol. The summed E-state index contributed by atoms with van der Waals surface area (Å²) in [6.45, 7) is 5.89. The van der Waals surface area contributed by atoms with Crippen LogP contribution in [0.5, 0.6) is 0 Å². The molecule has 1 heterocycles. The molecule has 0 fully saturated rings. The molecule has 94 valence electrons. The van der Waals surface area contributed by atoms with Crippen LogP contribution >= 0.6 is 0 Å². The van der Waals surface area contributed by atoms with Crippen molar-refractivity contribution in [2.45, 2.75) is 20.8 Å². The van der Waals surface area contributed by atoms with Gasteiger partial charge in [-0.1, -0.05) is 17.7 Å². The number of anilines is 1. The number of nitrogens with zero attached hydrogens (tertiary/aromatic N) is 1. The summed E-state index contributed by atoms with van der Waals surface area (Å²) in [5.74, 6) is -1.06. The fraction of sp³-hybridized carbons (Fsp3) is 0.231. The Labute approximate surface area is 105 Å². The molecule has 0 radical (unpaired) electrons. The number of H-pyrrole nitrogens is 1. The van der Waals surface area contributed by atoms with Crippen molar-refractivity contribution in [3.8, 4) is 11.3 Å². The number of benzene rings is 1. The topological polar surface area (TPSA) is 92.0 Å². The summed E-state index contributed by atoms with van der Waals surface area (Å²) in [7, 11) is 0. The number of rotatable bonds is 2. The minimum Gasteiger partial charge on any atom is -0.477 e. The van der Waals surface area contributed by atoms with Crippen molar-refractivity contribution in [3.05, 3.63) is 34.4 Å². The summed E-state index contributed by atoms with van der Waals surface area (Å²) in [6, 6.07) is 4.01. The predicted octanol–water partition coefficient (Wildman–Crippen LogP) is 2.28. The Bertz CT molecular complexity index is 606. The van der Waals surface area contributed by atoms with Gasteiger partial charge in [-0.15, -0.1) is 0 Å². The molecule has 0 unspecified atom stereocenters. The SMILES string of the molecule is Cc1cc(C)c(-c2[nH]nc(N)c2C(=O)O)c(C)c1. The monoisotopic (exact) mass is 245 g/mol. The molecule has 0 saturated carbocycles. The van der Waals surface area contributed by atoms with Gasteiger partial charge < -0.3 is 10.8 Å². The minimum absolute atomic E-state index is 0.0110. The normalized spacial score (nSPS) is 10.6. The van der Waals surface area contributed by atoms with Gasteiger partial charge in [-0.25, -0.2) is 4.79 Å². The largest absolute Gasteiger partial charge is 0.477 e. The van der Waals surface area contributed by atoms with Gasteiger partial charge in [-0.3, -0.25) is 5.10 Å². The lowest BCUT2D eigenvalue weighted by atomic mass is 9.95. The van der Waals surface area contributed by atoms with Gasteiger partial charge >= 0.3 is 5.97 Å². The van der Waals surface area contributed by atoms with Gasteiger partial charge in [0.25, 0.3) is 0 Å². The maximum Gasteiger partial charge on any atom is 0.341 e. The number of aromatic carboxylic acids is 1. The van der Waals surface area contributed by atoms with Crippen molar-refractivity contribution in [3.63, 3.8) is 0 Å². The molecular formula is C13H15N3O2. The molecule has 5 nitrogen and oxygen atoms in total. The lowest BCUT2D eigenvalue weighted by molar-refractivity contribution is 0.0699.